The molecule has 1 heterocycles. The van der Waals surface area contributed by atoms with Crippen molar-refractivity contribution in [3.8, 4) is 17.0 Å². The van der Waals surface area contributed by atoms with Crippen LogP contribution in [0.25, 0.3) is 11.3 Å². The lowest BCUT2D eigenvalue weighted by atomic mass is 10.1. The molecule has 0 saturated heterocycles. The number of ether oxygens (including phenoxy) is 1. The maximum Gasteiger partial charge on any atom is 0.119 e. The summed E-state index contributed by atoms with van der Waals surface area (Å²) in [5.41, 5.74) is 2.05. The number of rotatable bonds is 3. The molecule has 1 aromatic heterocycles. The Morgan fingerprint density at radius 3 is 2.60 bits per heavy atom. The Kier molecular flexibility index (Phi) is 2.98. The molecule has 1 aromatic carbocycles. The lowest BCUT2D eigenvalue weighted by Crippen LogP contribution is -1.90. The van der Waals surface area contributed by atoms with E-state index in [9.17, 15) is 0 Å². The summed E-state index contributed by atoms with van der Waals surface area (Å²) in [5.74, 6) is 0.892. The molecule has 2 nitrogen and oxygen atoms in total. The number of benzene rings is 1. The van der Waals surface area contributed by atoms with Crippen molar-refractivity contribution in [2.24, 2.45) is 0 Å². The van der Waals surface area contributed by atoms with Crippen LogP contribution in [0.15, 0.2) is 42.6 Å². The summed E-state index contributed by atoms with van der Waals surface area (Å²) >= 11 is 0. The monoisotopic (exact) mass is 198 g/mol. The Labute approximate surface area is 89.6 Å². The molecule has 0 aliphatic heterocycles. The van der Waals surface area contributed by atoms with Crippen LogP contribution >= 0.6 is 0 Å². The normalized spacial score (nSPS) is 9.93. The molecule has 2 heteroatoms. The Balaban J connectivity index is 2.24. The van der Waals surface area contributed by atoms with Gasteiger partial charge in [0.25, 0.3) is 0 Å². The molecule has 0 atom stereocenters. The number of hydrogen-bond donors (Lipinski definition) is 0. The summed E-state index contributed by atoms with van der Waals surface area (Å²) in [6.45, 7) is 2.67. The molecule has 0 aliphatic rings. The van der Waals surface area contributed by atoms with Crippen molar-refractivity contribution in [2.45, 2.75) is 6.92 Å². The van der Waals surface area contributed by atoms with E-state index >= 15 is 0 Å². The number of hydrogen-bond acceptors (Lipinski definition) is 2. The maximum absolute atomic E-state index is 5.37. The molecule has 0 spiro atoms. The average Bonchev–Trinajstić information content (AvgIpc) is 2.32. The van der Waals surface area contributed by atoms with Gasteiger partial charge in [-0.15, -0.1) is 0 Å². The summed E-state index contributed by atoms with van der Waals surface area (Å²) < 4.78 is 5.37. The molecule has 15 heavy (non-hydrogen) atoms. The molecule has 75 valence electrons. The van der Waals surface area contributed by atoms with Crippen LogP contribution in [0.3, 0.4) is 0 Å². The van der Waals surface area contributed by atoms with Crippen LogP contribution < -0.4 is 4.74 Å². The lowest BCUT2D eigenvalue weighted by molar-refractivity contribution is 0.340. The number of nitrogens with zero attached hydrogens (tertiary/aromatic N) is 1. The first-order valence-corrected chi connectivity index (χ1v) is 4.95. The molecule has 1 radical (unpaired) electrons. The highest BCUT2D eigenvalue weighted by Gasteiger charge is 1.98. The highest BCUT2D eigenvalue weighted by molar-refractivity contribution is 5.59. The third-order valence-corrected chi connectivity index (χ3v) is 2.08. The summed E-state index contributed by atoms with van der Waals surface area (Å²) in [6.07, 6.45) is 1.67. The zero-order valence-corrected chi connectivity index (χ0v) is 8.60. The maximum atomic E-state index is 5.37. The summed E-state index contributed by atoms with van der Waals surface area (Å²) in [5, 5.41) is 0. The van der Waals surface area contributed by atoms with Gasteiger partial charge in [-0.3, -0.25) is 4.98 Å². The van der Waals surface area contributed by atoms with Crippen LogP contribution in [0.4, 0.5) is 0 Å². The van der Waals surface area contributed by atoms with Crippen LogP contribution in [0, 0.1) is 6.07 Å². The first-order valence-electron chi connectivity index (χ1n) is 4.95. The zero-order chi connectivity index (χ0) is 10.5. The van der Waals surface area contributed by atoms with Crippen LogP contribution in [-0.4, -0.2) is 11.6 Å². The molecule has 0 saturated carbocycles. The molecule has 2 rings (SSSR count). The third kappa shape index (κ3) is 2.34. The second-order valence-electron chi connectivity index (χ2n) is 3.10. The van der Waals surface area contributed by atoms with E-state index in [-0.39, 0.29) is 0 Å². The molecular weight excluding hydrogens is 186 g/mol. The average molecular weight is 198 g/mol. The third-order valence-electron chi connectivity index (χ3n) is 2.08. The molecule has 2 aromatic rings. The summed E-state index contributed by atoms with van der Waals surface area (Å²) in [6, 6.07) is 14.6. The lowest BCUT2D eigenvalue weighted by Gasteiger charge is -2.04. The van der Waals surface area contributed by atoms with E-state index in [1.807, 2.05) is 43.3 Å². The minimum Gasteiger partial charge on any atom is -0.494 e. The minimum atomic E-state index is 0.692. The van der Waals surface area contributed by atoms with Gasteiger partial charge < -0.3 is 4.74 Å². The van der Waals surface area contributed by atoms with Gasteiger partial charge in [0.2, 0.25) is 0 Å². The van der Waals surface area contributed by atoms with Crippen molar-refractivity contribution in [1.82, 2.24) is 4.98 Å². The predicted octanol–water partition coefficient (Wildman–Crippen LogP) is 2.95. The Hall–Kier alpha value is -1.83. The first kappa shape index (κ1) is 9.71. The van der Waals surface area contributed by atoms with Crippen LogP contribution in [-0.2, 0) is 0 Å². The van der Waals surface area contributed by atoms with Crippen molar-refractivity contribution in [1.29, 1.82) is 0 Å². The van der Waals surface area contributed by atoms with Crippen molar-refractivity contribution in [3.05, 3.63) is 48.7 Å². The van der Waals surface area contributed by atoms with Gasteiger partial charge in [0.05, 0.1) is 12.3 Å². The highest BCUT2D eigenvalue weighted by atomic mass is 16.5. The molecule has 0 fully saturated rings. The Bertz CT molecular complexity index is 408. The topological polar surface area (TPSA) is 22.1 Å². The fraction of sp³-hybridized carbons (Fsp3) is 0.154. The molecule has 0 bridgehead atoms. The van der Waals surface area contributed by atoms with E-state index in [1.54, 1.807) is 6.20 Å². The van der Waals surface area contributed by atoms with Gasteiger partial charge in [0.15, 0.2) is 0 Å². The second kappa shape index (κ2) is 4.60. The van der Waals surface area contributed by atoms with E-state index < -0.39 is 0 Å². The molecule has 0 N–H and O–H groups in total. The number of pyridine rings is 1. The SMILES string of the molecule is CCOc1ccc(-c2cc[c]cn2)cc1. The van der Waals surface area contributed by atoms with Crippen molar-refractivity contribution < 1.29 is 4.74 Å². The van der Waals surface area contributed by atoms with Crippen molar-refractivity contribution >= 4 is 0 Å². The summed E-state index contributed by atoms with van der Waals surface area (Å²) in [4.78, 5) is 4.23. The van der Waals surface area contributed by atoms with Gasteiger partial charge in [-0.05, 0) is 37.3 Å². The van der Waals surface area contributed by atoms with Crippen molar-refractivity contribution in [2.75, 3.05) is 6.61 Å². The van der Waals surface area contributed by atoms with Gasteiger partial charge in [-0.2, -0.15) is 0 Å². The van der Waals surface area contributed by atoms with Gasteiger partial charge in [-0.1, -0.05) is 6.07 Å². The Morgan fingerprint density at radius 2 is 2.00 bits per heavy atom. The van der Waals surface area contributed by atoms with Crippen LogP contribution in [0.2, 0.25) is 0 Å². The number of aromatic nitrogens is 1. The molecular formula is C13H12NO. The van der Waals surface area contributed by atoms with Gasteiger partial charge >= 0.3 is 0 Å². The second-order valence-corrected chi connectivity index (χ2v) is 3.10. The summed E-state index contributed by atoms with van der Waals surface area (Å²) in [7, 11) is 0. The van der Waals surface area contributed by atoms with Crippen molar-refractivity contribution in [3.63, 3.8) is 0 Å². The minimum absolute atomic E-state index is 0.692. The molecule has 0 unspecified atom stereocenters. The fourth-order valence-electron chi connectivity index (χ4n) is 1.38. The quantitative estimate of drug-likeness (QED) is 0.756. The smallest absolute Gasteiger partial charge is 0.119 e. The predicted molar refractivity (Wildman–Crippen MR) is 59.7 cm³/mol. The van der Waals surface area contributed by atoms with Gasteiger partial charge in [-0.25, -0.2) is 0 Å². The highest BCUT2D eigenvalue weighted by Crippen LogP contribution is 2.19. The van der Waals surface area contributed by atoms with E-state index in [0.717, 1.165) is 17.0 Å². The standard InChI is InChI=1S/C13H12NO/c1-2-15-12-8-6-11(7-9-12)13-5-3-4-10-14-13/h3,5-10H,2H2,1H3. The van der Waals surface area contributed by atoms with Gasteiger partial charge in [0, 0.05) is 17.8 Å². The van der Waals surface area contributed by atoms with Gasteiger partial charge in [0.1, 0.15) is 5.75 Å². The van der Waals surface area contributed by atoms with E-state index in [0.29, 0.717) is 6.61 Å². The van der Waals surface area contributed by atoms with E-state index in [2.05, 4.69) is 11.1 Å². The zero-order valence-electron chi connectivity index (χ0n) is 8.60. The Morgan fingerprint density at radius 1 is 1.20 bits per heavy atom. The van der Waals surface area contributed by atoms with Crippen LogP contribution in [0.5, 0.6) is 5.75 Å². The van der Waals surface area contributed by atoms with Crippen LogP contribution in [0.1, 0.15) is 6.92 Å². The fourth-order valence-corrected chi connectivity index (χ4v) is 1.38. The molecule has 0 aliphatic carbocycles. The molecule has 0 amide bonds. The first-order chi connectivity index (χ1) is 7.40. The van der Waals surface area contributed by atoms with E-state index in [4.69, 9.17) is 4.74 Å². The largest absolute Gasteiger partial charge is 0.494 e. The van der Waals surface area contributed by atoms with E-state index in [1.165, 1.54) is 0 Å².